The van der Waals surface area contributed by atoms with E-state index >= 15 is 0 Å². The standard InChI is InChI=1S/C14H20O/c1-3-12-5-7-13(8-6-12)9-14(4-2)10-15-11-14/h5-8H,3-4,9-11H2,1-2H3. The summed E-state index contributed by atoms with van der Waals surface area (Å²) in [4.78, 5) is 0. The number of rotatable bonds is 4. The summed E-state index contributed by atoms with van der Waals surface area (Å²) in [6, 6.07) is 9.04. The fourth-order valence-electron chi connectivity index (χ4n) is 2.15. The van der Waals surface area contributed by atoms with Crippen LogP contribution < -0.4 is 0 Å². The van der Waals surface area contributed by atoms with Crippen molar-refractivity contribution in [1.29, 1.82) is 0 Å². The summed E-state index contributed by atoms with van der Waals surface area (Å²) in [5.74, 6) is 0. The molecule has 1 heteroatoms. The number of hydrogen-bond acceptors (Lipinski definition) is 1. The predicted molar refractivity (Wildman–Crippen MR) is 63.1 cm³/mol. The third-order valence-electron chi connectivity index (χ3n) is 3.58. The van der Waals surface area contributed by atoms with Crippen LogP contribution in [-0.4, -0.2) is 13.2 Å². The van der Waals surface area contributed by atoms with Crippen molar-refractivity contribution < 1.29 is 4.74 Å². The van der Waals surface area contributed by atoms with Crippen LogP contribution in [0, 0.1) is 5.41 Å². The Hall–Kier alpha value is -0.820. The van der Waals surface area contributed by atoms with Gasteiger partial charge in [0.25, 0.3) is 0 Å². The molecule has 82 valence electrons. The Morgan fingerprint density at radius 1 is 1.07 bits per heavy atom. The number of benzene rings is 1. The highest BCUT2D eigenvalue weighted by molar-refractivity contribution is 5.23. The lowest BCUT2D eigenvalue weighted by Crippen LogP contribution is -2.43. The van der Waals surface area contributed by atoms with E-state index in [1.54, 1.807) is 0 Å². The molecule has 1 aliphatic heterocycles. The van der Waals surface area contributed by atoms with Gasteiger partial charge in [0.1, 0.15) is 0 Å². The highest BCUT2D eigenvalue weighted by Gasteiger charge is 2.36. The average molecular weight is 204 g/mol. The first-order chi connectivity index (χ1) is 7.28. The normalized spacial score (nSPS) is 18.5. The molecule has 0 aliphatic carbocycles. The molecule has 0 amide bonds. The zero-order chi connectivity index (χ0) is 10.7. The second-order valence-corrected chi connectivity index (χ2v) is 4.69. The van der Waals surface area contributed by atoms with Crippen LogP contribution in [0.5, 0.6) is 0 Å². The van der Waals surface area contributed by atoms with Gasteiger partial charge < -0.3 is 4.74 Å². The quantitative estimate of drug-likeness (QED) is 0.731. The van der Waals surface area contributed by atoms with Gasteiger partial charge in [-0.05, 0) is 30.4 Å². The Balaban J connectivity index is 2.03. The monoisotopic (exact) mass is 204 g/mol. The third-order valence-corrected chi connectivity index (χ3v) is 3.58. The average Bonchev–Trinajstić information content (AvgIpc) is 2.24. The van der Waals surface area contributed by atoms with Gasteiger partial charge in [0, 0.05) is 5.41 Å². The molecule has 0 spiro atoms. The number of aryl methyl sites for hydroxylation is 1. The van der Waals surface area contributed by atoms with Gasteiger partial charge in [-0.2, -0.15) is 0 Å². The molecule has 2 rings (SSSR count). The smallest absolute Gasteiger partial charge is 0.0547 e. The molecule has 0 unspecified atom stereocenters. The summed E-state index contributed by atoms with van der Waals surface area (Å²) in [5, 5.41) is 0. The van der Waals surface area contributed by atoms with Crippen molar-refractivity contribution in [3.05, 3.63) is 35.4 Å². The summed E-state index contributed by atoms with van der Waals surface area (Å²) in [6.07, 6.45) is 3.53. The zero-order valence-corrected chi connectivity index (χ0v) is 9.75. The molecule has 0 saturated carbocycles. The molecule has 1 saturated heterocycles. The summed E-state index contributed by atoms with van der Waals surface area (Å²) < 4.78 is 5.35. The van der Waals surface area contributed by atoms with Gasteiger partial charge in [0.05, 0.1) is 13.2 Å². The van der Waals surface area contributed by atoms with Crippen LogP contribution in [0.1, 0.15) is 31.4 Å². The first-order valence-corrected chi connectivity index (χ1v) is 5.93. The summed E-state index contributed by atoms with van der Waals surface area (Å²) in [7, 11) is 0. The molecular formula is C14H20O. The largest absolute Gasteiger partial charge is 0.380 e. The first-order valence-electron chi connectivity index (χ1n) is 5.93. The van der Waals surface area contributed by atoms with Crippen molar-refractivity contribution in [3.8, 4) is 0 Å². The summed E-state index contributed by atoms with van der Waals surface area (Å²) in [5.41, 5.74) is 3.32. The fraction of sp³-hybridized carbons (Fsp3) is 0.571. The van der Waals surface area contributed by atoms with Crippen LogP contribution in [0.3, 0.4) is 0 Å². The van der Waals surface area contributed by atoms with Crippen LogP contribution in [0.15, 0.2) is 24.3 Å². The van der Waals surface area contributed by atoms with E-state index in [1.807, 2.05) is 0 Å². The van der Waals surface area contributed by atoms with Crippen molar-refractivity contribution in [2.45, 2.75) is 33.1 Å². The van der Waals surface area contributed by atoms with Gasteiger partial charge in [0.15, 0.2) is 0 Å². The Kier molecular flexibility index (Phi) is 3.11. The van der Waals surface area contributed by atoms with Crippen LogP contribution >= 0.6 is 0 Å². The van der Waals surface area contributed by atoms with Crippen molar-refractivity contribution in [2.75, 3.05) is 13.2 Å². The van der Waals surface area contributed by atoms with E-state index in [9.17, 15) is 0 Å². The van der Waals surface area contributed by atoms with Crippen molar-refractivity contribution in [2.24, 2.45) is 5.41 Å². The molecule has 1 aliphatic rings. The van der Waals surface area contributed by atoms with E-state index in [-0.39, 0.29) is 0 Å². The topological polar surface area (TPSA) is 9.23 Å². The van der Waals surface area contributed by atoms with Crippen molar-refractivity contribution in [3.63, 3.8) is 0 Å². The first kappa shape index (κ1) is 10.7. The van der Waals surface area contributed by atoms with E-state index in [0.29, 0.717) is 5.41 Å². The van der Waals surface area contributed by atoms with Gasteiger partial charge in [-0.1, -0.05) is 38.1 Å². The number of ether oxygens (including phenoxy) is 1. The molecule has 1 heterocycles. The Labute approximate surface area is 92.5 Å². The maximum absolute atomic E-state index is 5.35. The van der Waals surface area contributed by atoms with Crippen LogP contribution in [0.25, 0.3) is 0 Å². The Morgan fingerprint density at radius 2 is 1.67 bits per heavy atom. The highest BCUT2D eigenvalue weighted by Crippen LogP contribution is 2.34. The zero-order valence-electron chi connectivity index (χ0n) is 9.75. The van der Waals surface area contributed by atoms with Crippen LogP contribution in [0.2, 0.25) is 0 Å². The van der Waals surface area contributed by atoms with Gasteiger partial charge >= 0.3 is 0 Å². The van der Waals surface area contributed by atoms with E-state index in [2.05, 4.69) is 38.1 Å². The molecule has 1 nitrogen and oxygen atoms in total. The minimum absolute atomic E-state index is 0.438. The third kappa shape index (κ3) is 2.23. The second kappa shape index (κ2) is 4.36. The van der Waals surface area contributed by atoms with E-state index in [0.717, 1.165) is 19.6 Å². The second-order valence-electron chi connectivity index (χ2n) is 4.69. The highest BCUT2D eigenvalue weighted by atomic mass is 16.5. The van der Waals surface area contributed by atoms with Gasteiger partial charge in [-0.15, -0.1) is 0 Å². The lowest BCUT2D eigenvalue weighted by molar-refractivity contribution is -0.114. The molecule has 0 atom stereocenters. The number of hydrogen-bond donors (Lipinski definition) is 0. The van der Waals surface area contributed by atoms with Gasteiger partial charge in [-0.25, -0.2) is 0 Å². The Morgan fingerprint density at radius 3 is 2.07 bits per heavy atom. The SMILES string of the molecule is CCc1ccc(CC2(CC)COC2)cc1. The molecule has 0 bridgehead atoms. The molecule has 1 aromatic rings. The molecule has 1 aromatic carbocycles. The van der Waals surface area contributed by atoms with Crippen LogP contribution in [-0.2, 0) is 17.6 Å². The van der Waals surface area contributed by atoms with Crippen molar-refractivity contribution in [1.82, 2.24) is 0 Å². The van der Waals surface area contributed by atoms with Crippen molar-refractivity contribution >= 4 is 0 Å². The fourth-order valence-corrected chi connectivity index (χ4v) is 2.15. The lowest BCUT2D eigenvalue weighted by Gasteiger charge is -2.41. The van der Waals surface area contributed by atoms with Crippen LogP contribution in [0.4, 0.5) is 0 Å². The maximum atomic E-state index is 5.35. The van der Waals surface area contributed by atoms with Gasteiger partial charge in [-0.3, -0.25) is 0 Å². The van der Waals surface area contributed by atoms with E-state index in [1.165, 1.54) is 24.0 Å². The predicted octanol–water partition coefficient (Wildman–Crippen LogP) is 3.22. The van der Waals surface area contributed by atoms with Gasteiger partial charge in [0.2, 0.25) is 0 Å². The summed E-state index contributed by atoms with van der Waals surface area (Å²) >= 11 is 0. The molecule has 0 N–H and O–H groups in total. The molecule has 1 fully saturated rings. The van der Waals surface area contributed by atoms with E-state index < -0.39 is 0 Å². The molecule has 15 heavy (non-hydrogen) atoms. The van der Waals surface area contributed by atoms with E-state index in [4.69, 9.17) is 4.74 Å². The Bertz CT molecular complexity index is 303. The summed E-state index contributed by atoms with van der Waals surface area (Å²) in [6.45, 7) is 6.35. The maximum Gasteiger partial charge on any atom is 0.0547 e. The minimum atomic E-state index is 0.438. The molecular weight excluding hydrogens is 184 g/mol. The minimum Gasteiger partial charge on any atom is -0.380 e. The molecule has 0 aromatic heterocycles. The lowest BCUT2D eigenvalue weighted by atomic mass is 9.77. The molecule has 0 radical (unpaired) electrons.